The standard InChI is InChI=1S/C31H45N3O12S/c1-16(2)28(38)42-14-44-30(40)33-13-20(12-21(33)26(36)32(5)6)47-25-17(3)23-22(18(4)35)27(37)34(23)24(25)29(39)43-15-45-31(41)46-19-10-8-7-9-11-19/h16-23,35H,7-15H2,1-6H3/t17-,18-,20?,21?,22?,23?/m1/s1. The fourth-order valence-corrected chi connectivity index (χ4v) is 7.93. The number of hydrogen-bond acceptors (Lipinski definition) is 13. The van der Waals surface area contributed by atoms with Crippen LogP contribution < -0.4 is 0 Å². The van der Waals surface area contributed by atoms with Crippen molar-refractivity contribution in [3.8, 4) is 0 Å². The van der Waals surface area contributed by atoms with E-state index in [1.54, 1.807) is 27.9 Å². The van der Waals surface area contributed by atoms with Crippen molar-refractivity contribution in [2.45, 2.75) is 95.8 Å². The van der Waals surface area contributed by atoms with E-state index in [1.807, 2.05) is 6.92 Å². The summed E-state index contributed by atoms with van der Waals surface area (Å²) in [6.45, 7) is 5.33. The van der Waals surface area contributed by atoms with Crippen LogP contribution in [-0.2, 0) is 42.9 Å². The molecule has 4 aliphatic rings. The summed E-state index contributed by atoms with van der Waals surface area (Å²) in [5.74, 6) is -3.77. The Labute approximate surface area is 278 Å². The SMILES string of the molecule is CC(C)C(=O)OCOC(=O)N1CC(SC2=C(C(=O)OCOC(=O)OC3CCCCC3)N3C(=O)C([C@@H](C)O)C3[C@H]2C)CC1C(=O)N(C)C. The van der Waals surface area contributed by atoms with Gasteiger partial charge in [0.2, 0.25) is 25.4 Å². The summed E-state index contributed by atoms with van der Waals surface area (Å²) < 4.78 is 25.7. The average molecular weight is 684 g/mol. The molecular formula is C31H45N3O12S. The number of carbonyl (C=O) groups excluding carboxylic acids is 6. The Kier molecular flexibility index (Phi) is 12.0. The van der Waals surface area contributed by atoms with Gasteiger partial charge in [0.15, 0.2) is 0 Å². The molecule has 0 bridgehead atoms. The number of esters is 2. The van der Waals surface area contributed by atoms with Gasteiger partial charge in [-0.1, -0.05) is 27.2 Å². The number of likely N-dealkylation sites (tertiary alicyclic amines) is 1. The molecule has 3 heterocycles. The molecule has 0 spiro atoms. The van der Waals surface area contributed by atoms with Crippen LogP contribution in [0.5, 0.6) is 0 Å². The fourth-order valence-electron chi connectivity index (χ4n) is 6.41. The maximum Gasteiger partial charge on any atom is 0.511 e. The third-order valence-electron chi connectivity index (χ3n) is 8.86. The number of nitrogens with zero attached hydrogens (tertiary/aromatic N) is 3. The topological polar surface area (TPSA) is 179 Å². The Morgan fingerprint density at radius 2 is 1.64 bits per heavy atom. The minimum Gasteiger partial charge on any atom is -0.431 e. The lowest BCUT2D eigenvalue weighted by Crippen LogP contribution is -2.63. The second-order valence-corrected chi connectivity index (χ2v) is 14.2. The van der Waals surface area contributed by atoms with Crippen LogP contribution in [0.4, 0.5) is 9.59 Å². The first kappa shape index (κ1) is 36.3. The van der Waals surface area contributed by atoms with E-state index in [1.165, 1.54) is 33.4 Å². The van der Waals surface area contributed by atoms with E-state index >= 15 is 0 Å². The molecule has 3 aliphatic heterocycles. The van der Waals surface area contributed by atoms with Gasteiger partial charge in [-0.3, -0.25) is 19.3 Å². The Hall–Kier alpha value is -3.53. The molecule has 47 heavy (non-hydrogen) atoms. The van der Waals surface area contributed by atoms with Crippen molar-refractivity contribution in [1.29, 1.82) is 0 Å². The van der Waals surface area contributed by atoms with Crippen molar-refractivity contribution in [1.82, 2.24) is 14.7 Å². The number of thioether (sulfide) groups is 1. The number of aliphatic hydroxyl groups excluding tert-OH is 1. The van der Waals surface area contributed by atoms with Crippen molar-refractivity contribution in [3.63, 3.8) is 0 Å². The summed E-state index contributed by atoms with van der Waals surface area (Å²) in [6, 6.07) is -1.40. The van der Waals surface area contributed by atoms with E-state index in [0.717, 1.165) is 32.1 Å². The highest BCUT2D eigenvalue weighted by atomic mass is 32.2. The van der Waals surface area contributed by atoms with Gasteiger partial charge < -0.3 is 38.6 Å². The van der Waals surface area contributed by atoms with Crippen molar-refractivity contribution >= 4 is 47.8 Å². The molecular weight excluding hydrogens is 638 g/mol. The molecule has 0 aromatic heterocycles. The van der Waals surface area contributed by atoms with Crippen LogP contribution in [0.25, 0.3) is 0 Å². The molecule has 15 nitrogen and oxygen atoms in total. The Bertz CT molecular complexity index is 1260. The summed E-state index contributed by atoms with van der Waals surface area (Å²) in [5.41, 5.74) is -0.0317. The summed E-state index contributed by atoms with van der Waals surface area (Å²) in [6.07, 6.45) is 1.68. The summed E-state index contributed by atoms with van der Waals surface area (Å²) in [7, 11) is 3.12. The van der Waals surface area contributed by atoms with E-state index in [4.69, 9.17) is 23.7 Å². The van der Waals surface area contributed by atoms with Crippen LogP contribution in [0.3, 0.4) is 0 Å². The van der Waals surface area contributed by atoms with Gasteiger partial charge in [0, 0.05) is 36.7 Å². The molecule has 262 valence electrons. The van der Waals surface area contributed by atoms with Gasteiger partial charge in [0.1, 0.15) is 17.8 Å². The molecule has 0 aromatic rings. The van der Waals surface area contributed by atoms with Crippen LogP contribution >= 0.6 is 11.8 Å². The minimum atomic E-state index is -0.964. The quantitative estimate of drug-likeness (QED) is 0.146. The van der Waals surface area contributed by atoms with E-state index in [0.29, 0.717) is 4.91 Å². The number of likely N-dealkylation sites (N-methyl/N-ethyl adjacent to an activating group) is 1. The first-order valence-corrected chi connectivity index (χ1v) is 16.8. The number of ether oxygens (including phenoxy) is 5. The van der Waals surface area contributed by atoms with Gasteiger partial charge in [0.05, 0.1) is 24.0 Å². The summed E-state index contributed by atoms with van der Waals surface area (Å²) in [4.78, 5) is 81.1. The first-order chi connectivity index (χ1) is 22.2. The highest BCUT2D eigenvalue weighted by Crippen LogP contribution is 2.52. The number of carbonyl (C=O) groups is 6. The van der Waals surface area contributed by atoms with E-state index in [2.05, 4.69) is 0 Å². The molecule has 3 fully saturated rings. The Morgan fingerprint density at radius 1 is 0.979 bits per heavy atom. The second kappa shape index (κ2) is 15.6. The molecule has 1 N–H and O–H groups in total. The molecule has 2 saturated heterocycles. The molecule has 4 unspecified atom stereocenters. The van der Waals surface area contributed by atoms with Crippen LogP contribution in [-0.4, -0.2) is 120 Å². The number of amides is 3. The van der Waals surface area contributed by atoms with Gasteiger partial charge in [0.25, 0.3) is 0 Å². The van der Waals surface area contributed by atoms with Crippen molar-refractivity contribution in [2.75, 3.05) is 34.2 Å². The van der Waals surface area contributed by atoms with Crippen LogP contribution in [0.1, 0.15) is 66.2 Å². The lowest BCUT2D eigenvalue weighted by Gasteiger charge is -2.46. The van der Waals surface area contributed by atoms with E-state index in [9.17, 15) is 33.9 Å². The van der Waals surface area contributed by atoms with Gasteiger partial charge in [-0.05, 0) is 39.0 Å². The van der Waals surface area contributed by atoms with Crippen LogP contribution in [0.2, 0.25) is 0 Å². The second-order valence-electron chi connectivity index (χ2n) is 12.8. The number of β-lactam (4-membered cyclic amide) rings is 1. The van der Waals surface area contributed by atoms with Gasteiger partial charge in [-0.15, -0.1) is 11.8 Å². The van der Waals surface area contributed by atoms with Crippen molar-refractivity contribution in [2.24, 2.45) is 17.8 Å². The van der Waals surface area contributed by atoms with Gasteiger partial charge in [-0.25, -0.2) is 14.4 Å². The molecule has 1 aliphatic carbocycles. The molecule has 6 atom stereocenters. The molecule has 0 aromatic carbocycles. The van der Waals surface area contributed by atoms with Gasteiger partial charge in [-0.2, -0.15) is 0 Å². The molecule has 4 rings (SSSR count). The molecule has 0 radical (unpaired) electrons. The van der Waals surface area contributed by atoms with Gasteiger partial charge >= 0.3 is 24.2 Å². The lowest BCUT2D eigenvalue weighted by molar-refractivity contribution is -0.167. The minimum absolute atomic E-state index is 0.0317. The van der Waals surface area contributed by atoms with Crippen molar-refractivity contribution in [3.05, 3.63) is 10.6 Å². The number of fused-ring (bicyclic) bond motifs is 1. The number of hydrogen-bond donors (Lipinski definition) is 1. The average Bonchev–Trinajstić information content (AvgIpc) is 3.54. The molecule has 16 heteroatoms. The number of aliphatic hydroxyl groups is 1. The third kappa shape index (κ3) is 8.13. The smallest absolute Gasteiger partial charge is 0.431 e. The molecule has 3 amide bonds. The number of rotatable bonds is 11. The normalized spacial score (nSPS) is 26.4. The van der Waals surface area contributed by atoms with E-state index in [-0.39, 0.29) is 30.7 Å². The fraction of sp³-hybridized carbons (Fsp3) is 0.742. The zero-order valence-electron chi connectivity index (χ0n) is 27.7. The first-order valence-electron chi connectivity index (χ1n) is 16.0. The van der Waals surface area contributed by atoms with E-state index < -0.39 is 84.9 Å². The highest BCUT2D eigenvalue weighted by Gasteiger charge is 2.60. The zero-order chi connectivity index (χ0) is 34.6. The largest absolute Gasteiger partial charge is 0.511 e. The summed E-state index contributed by atoms with van der Waals surface area (Å²) in [5, 5.41) is 9.92. The zero-order valence-corrected chi connectivity index (χ0v) is 28.5. The van der Waals surface area contributed by atoms with Crippen molar-refractivity contribution < 1.29 is 57.6 Å². The van der Waals surface area contributed by atoms with Crippen LogP contribution in [0.15, 0.2) is 10.6 Å². The predicted molar refractivity (Wildman–Crippen MR) is 165 cm³/mol. The predicted octanol–water partition coefficient (Wildman–Crippen LogP) is 2.60. The molecule has 1 saturated carbocycles. The Balaban J connectivity index is 1.48. The summed E-state index contributed by atoms with van der Waals surface area (Å²) >= 11 is 1.24. The van der Waals surface area contributed by atoms with Crippen LogP contribution in [0, 0.1) is 17.8 Å². The highest BCUT2D eigenvalue weighted by molar-refractivity contribution is 8.03. The lowest BCUT2D eigenvalue weighted by atomic mass is 9.79. The monoisotopic (exact) mass is 683 g/mol. The third-order valence-corrected chi connectivity index (χ3v) is 10.3. The maximum absolute atomic E-state index is 13.4. The maximum atomic E-state index is 13.4. The Morgan fingerprint density at radius 3 is 2.26 bits per heavy atom.